The second kappa shape index (κ2) is 7.94. The summed E-state index contributed by atoms with van der Waals surface area (Å²) in [7, 11) is 1.85. The minimum atomic E-state index is -0.191. The van der Waals surface area contributed by atoms with Crippen LogP contribution in [0.2, 0.25) is 0 Å². The monoisotopic (exact) mass is 330 g/mol. The Morgan fingerprint density at radius 3 is 2.92 bits per heavy atom. The Bertz CT molecular complexity index is 680. The molecule has 1 saturated heterocycles. The van der Waals surface area contributed by atoms with Gasteiger partial charge >= 0.3 is 0 Å². The molecular formula is C17H22N4O3. The highest BCUT2D eigenvalue weighted by atomic mass is 16.5. The van der Waals surface area contributed by atoms with Gasteiger partial charge < -0.3 is 20.1 Å². The van der Waals surface area contributed by atoms with Gasteiger partial charge in [-0.05, 0) is 25.0 Å². The zero-order chi connectivity index (χ0) is 16.8. The Morgan fingerprint density at radius 1 is 1.38 bits per heavy atom. The SMILES string of the molecule is Cn1ccc(Nc2ccccc2NC(=O)COCC2CCCO2)n1. The second-order valence-corrected chi connectivity index (χ2v) is 5.74. The Morgan fingerprint density at radius 2 is 2.21 bits per heavy atom. The van der Waals surface area contributed by atoms with Gasteiger partial charge in [0.2, 0.25) is 5.91 Å². The van der Waals surface area contributed by atoms with E-state index in [9.17, 15) is 4.79 Å². The van der Waals surface area contributed by atoms with Crippen LogP contribution in [0.5, 0.6) is 0 Å². The van der Waals surface area contributed by atoms with Gasteiger partial charge in [-0.2, -0.15) is 5.10 Å². The van der Waals surface area contributed by atoms with Crippen LogP contribution in [0.25, 0.3) is 0 Å². The largest absolute Gasteiger partial charge is 0.376 e. The number of hydrogen-bond acceptors (Lipinski definition) is 5. The summed E-state index contributed by atoms with van der Waals surface area (Å²) < 4.78 is 12.6. The van der Waals surface area contributed by atoms with Crippen LogP contribution in [0.15, 0.2) is 36.5 Å². The number of anilines is 3. The summed E-state index contributed by atoms with van der Waals surface area (Å²) in [6.07, 6.45) is 4.03. The first-order chi connectivity index (χ1) is 11.7. The van der Waals surface area contributed by atoms with Crippen molar-refractivity contribution in [3.05, 3.63) is 36.5 Å². The molecule has 2 N–H and O–H groups in total. The highest BCUT2D eigenvalue weighted by Gasteiger charge is 2.16. The lowest BCUT2D eigenvalue weighted by Gasteiger charge is -2.13. The van der Waals surface area contributed by atoms with E-state index in [1.165, 1.54) is 0 Å². The van der Waals surface area contributed by atoms with Gasteiger partial charge in [0.1, 0.15) is 6.61 Å². The van der Waals surface area contributed by atoms with E-state index in [4.69, 9.17) is 9.47 Å². The van der Waals surface area contributed by atoms with E-state index in [-0.39, 0.29) is 18.6 Å². The predicted octanol–water partition coefficient (Wildman–Crippen LogP) is 2.30. The highest BCUT2D eigenvalue weighted by Crippen LogP contribution is 2.24. The lowest BCUT2D eigenvalue weighted by Crippen LogP contribution is -2.22. The highest BCUT2D eigenvalue weighted by molar-refractivity contribution is 5.95. The van der Waals surface area contributed by atoms with Gasteiger partial charge in [-0.15, -0.1) is 0 Å². The molecule has 7 nitrogen and oxygen atoms in total. The van der Waals surface area contributed by atoms with Crippen molar-refractivity contribution >= 4 is 23.1 Å². The van der Waals surface area contributed by atoms with Gasteiger partial charge in [-0.3, -0.25) is 9.48 Å². The minimum absolute atomic E-state index is 0.0117. The quantitative estimate of drug-likeness (QED) is 0.814. The van der Waals surface area contributed by atoms with Crippen molar-refractivity contribution in [1.29, 1.82) is 0 Å². The summed E-state index contributed by atoms with van der Waals surface area (Å²) in [5.74, 6) is 0.525. The first-order valence-electron chi connectivity index (χ1n) is 8.05. The number of benzene rings is 1. The molecule has 1 amide bonds. The Kier molecular flexibility index (Phi) is 5.45. The first-order valence-corrected chi connectivity index (χ1v) is 8.05. The zero-order valence-electron chi connectivity index (χ0n) is 13.7. The minimum Gasteiger partial charge on any atom is -0.376 e. The fourth-order valence-corrected chi connectivity index (χ4v) is 2.57. The number of nitrogens with one attached hydrogen (secondary N) is 2. The van der Waals surface area contributed by atoms with Crippen LogP contribution in [0.3, 0.4) is 0 Å². The lowest BCUT2D eigenvalue weighted by molar-refractivity contribution is -0.121. The number of amides is 1. The molecule has 0 radical (unpaired) electrons. The topological polar surface area (TPSA) is 77.4 Å². The van der Waals surface area contributed by atoms with Gasteiger partial charge in [0.05, 0.1) is 24.1 Å². The van der Waals surface area contributed by atoms with Gasteiger partial charge in [-0.1, -0.05) is 12.1 Å². The number of hydrogen-bond donors (Lipinski definition) is 2. The molecule has 1 aliphatic rings. The number of carbonyl (C=O) groups excluding carboxylic acids is 1. The molecule has 1 fully saturated rings. The number of nitrogens with zero attached hydrogens (tertiary/aromatic N) is 2. The molecule has 2 heterocycles. The summed E-state index contributed by atoms with van der Waals surface area (Å²) >= 11 is 0. The normalized spacial score (nSPS) is 17.0. The Labute approximate surface area is 140 Å². The standard InChI is InChI=1S/C17H22N4O3/c1-21-9-8-16(20-21)18-14-6-2-3-7-15(14)19-17(22)12-23-11-13-5-4-10-24-13/h2-3,6-9,13H,4-5,10-12H2,1H3,(H,18,20)(H,19,22). The van der Waals surface area contributed by atoms with Crippen molar-refractivity contribution in [2.24, 2.45) is 7.05 Å². The molecule has 128 valence electrons. The van der Waals surface area contributed by atoms with Crippen LogP contribution in [-0.4, -0.2) is 41.6 Å². The van der Waals surface area contributed by atoms with Crippen LogP contribution in [-0.2, 0) is 21.3 Å². The van der Waals surface area contributed by atoms with Crippen molar-refractivity contribution in [3.8, 4) is 0 Å². The number of para-hydroxylation sites is 2. The number of aryl methyl sites for hydroxylation is 1. The molecule has 0 aliphatic carbocycles. The average Bonchev–Trinajstić information content (AvgIpc) is 3.21. The molecule has 7 heteroatoms. The molecule has 1 atom stereocenters. The fraction of sp³-hybridized carbons (Fsp3) is 0.412. The number of rotatable bonds is 7. The molecule has 1 aromatic carbocycles. The summed E-state index contributed by atoms with van der Waals surface area (Å²) in [4.78, 5) is 12.1. The van der Waals surface area contributed by atoms with Gasteiger partial charge in [0.15, 0.2) is 5.82 Å². The summed E-state index contributed by atoms with van der Waals surface area (Å²) in [5.41, 5.74) is 1.47. The molecule has 1 aliphatic heterocycles. The van der Waals surface area contributed by atoms with Crippen LogP contribution >= 0.6 is 0 Å². The van der Waals surface area contributed by atoms with Crippen LogP contribution in [0, 0.1) is 0 Å². The van der Waals surface area contributed by atoms with Gasteiger partial charge in [0.25, 0.3) is 0 Å². The second-order valence-electron chi connectivity index (χ2n) is 5.74. The fourth-order valence-electron chi connectivity index (χ4n) is 2.57. The van der Waals surface area contributed by atoms with Gasteiger partial charge in [0, 0.05) is 25.9 Å². The zero-order valence-corrected chi connectivity index (χ0v) is 13.7. The average molecular weight is 330 g/mol. The third kappa shape index (κ3) is 4.56. The van der Waals surface area contributed by atoms with E-state index in [0.717, 1.165) is 25.1 Å². The molecule has 0 bridgehead atoms. The molecule has 0 saturated carbocycles. The van der Waals surface area contributed by atoms with Crippen LogP contribution in [0.1, 0.15) is 12.8 Å². The maximum Gasteiger partial charge on any atom is 0.250 e. The summed E-state index contributed by atoms with van der Waals surface area (Å²) in [6.45, 7) is 1.26. The van der Waals surface area contributed by atoms with E-state index in [0.29, 0.717) is 18.1 Å². The number of ether oxygens (including phenoxy) is 2. The van der Waals surface area contributed by atoms with E-state index in [1.807, 2.05) is 43.6 Å². The molecule has 0 spiro atoms. The van der Waals surface area contributed by atoms with Crippen molar-refractivity contribution in [2.75, 3.05) is 30.5 Å². The van der Waals surface area contributed by atoms with Crippen molar-refractivity contribution in [2.45, 2.75) is 18.9 Å². The lowest BCUT2D eigenvalue weighted by atomic mass is 10.2. The van der Waals surface area contributed by atoms with E-state index >= 15 is 0 Å². The van der Waals surface area contributed by atoms with Crippen LogP contribution in [0.4, 0.5) is 17.2 Å². The van der Waals surface area contributed by atoms with Crippen molar-refractivity contribution < 1.29 is 14.3 Å². The summed E-state index contributed by atoms with van der Waals surface area (Å²) in [5, 5.41) is 10.3. The molecular weight excluding hydrogens is 308 g/mol. The summed E-state index contributed by atoms with van der Waals surface area (Å²) in [6, 6.07) is 9.35. The van der Waals surface area contributed by atoms with E-state index in [1.54, 1.807) is 4.68 Å². The maximum atomic E-state index is 12.1. The van der Waals surface area contributed by atoms with Gasteiger partial charge in [-0.25, -0.2) is 0 Å². The molecule has 3 rings (SSSR count). The number of aromatic nitrogens is 2. The molecule has 24 heavy (non-hydrogen) atoms. The number of carbonyl (C=O) groups is 1. The maximum absolute atomic E-state index is 12.1. The van der Waals surface area contributed by atoms with Crippen molar-refractivity contribution in [1.82, 2.24) is 9.78 Å². The Hall–Kier alpha value is -2.38. The smallest absolute Gasteiger partial charge is 0.250 e. The third-order valence-electron chi connectivity index (χ3n) is 3.74. The van der Waals surface area contributed by atoms with Crippen LogP contribution < -0.4 is 10.6 Å². The molecule has 2 aromatic rings. The van der Waals surface area contributed by atoms with Crippen molar-refractivity contribution in [3.63, 3.8) is 0 Å². The van der Waals surface area contributed by atoms with E-state index < -0.39 is 0 Å². The molecule has 1 aromatic heterocycles. The van der Waals surface area contributed by atoms with E-state index in [2.05, 4.69) is 15.7 Å². The third-order valence-corrected chi connectivity index (χ3v) is 3.74. The Balaban J connectivity index is 1.53. The predicted molar refractivity (Wildman–Crippen MR) is 91.4 cm³/mol. The molecule has 1 unspecified atom stereocenters. The first kappa shape index (κ1) is 16.5.